The molecule has 288 valence electrons. The van der Waals surface area contributed by atoms with Crippen molar-refractivity contribution < 1.29 is 19.8 Å². The van der Waals surface area contributed by atoms with Gasteiger partial charge in [0.05, 0.1) is 23.3 Å². The van der Waals surface area contributed by atoms with Crippen molar-refractivity contribution in [1.29, 1.82) is 0 Å². The highest BCUT2D eigenvalue weighted by molar-refractivity contribution is 6.05. The first-order chi connectivity index (χ1) is 25.5. The normalized spacial score (nSPS) is 16.2. The Bertz CT molecular complexity index is 1560. The van der Waals surface area contributed by atoms with Gasteiger partial charge >= 0.3 is 0 Å². The van der Waals surface area contributed by atoms with Crippen molar-refractivity contribution in [2.75, 3.05) is 0 Å². The topological polar surface area (TPSA) is 98.7 Å². The van der Waals surface area contributed by atoms with E-state index in [4.69, 9.17) is 0 Å². The van der Waals surface area contributed by atoms with E-state index in [1.165, 1.54) is 0 Å². The van der Waals surface area contributed by atoms with Crippen LogP contribution in [0.1, 0.15) is 95.9 Å². The van der Waals surface area contributed by atoms with Crippen molar-refractivity contribution in [3.05, 3.63) is 144 Å². The first kappa shape index (κ1) is 40.9. The molecule has 4 aromatic carbocycles. The minimum absolute atomic E-state index is 0.322. The zero-order valence-electron chi connectivity index (χ0n) is 33.3. The Labute approximate surface area is 323 Å². The van der Waals surface area contributed by atoms with Crippen molar-refractivity contribution >= 4 is 11.8 Å². The van der Waals surface area contributed by atoms with Gasteiger partial charge in [0.1, 0.15) is 5.41 Å². The zero-order valence-corrected chi connectivity index (χ0v) is 33.3. The molecule has 0 spiro atoms. The number of carbonyl (C=O) groups is 2. The summed E-state index contributed by atoms with van der Waals surface area (Å²) in [4.78, 5) is 30.2. The van der Waals surface area contributed by atoms with Gasteiger partial charge in [-0.3, -0.25) is 9.59 Å². The lowest BCUT2D eigenvalue weighted by molar-refractivity contribution is -0.152. The maximum atomic E-state index is 15.1. The maximum absolute atomic E-state index is 15.1. The van der Waals surface area contributed by atoms with Gasteiger partial charge in [-0.25, -0.2) is 0 Å². The lowest BCUT2D eigenvalue weighted by Gasteiger charge is -2.48. The minimum Gasteiger partial charge on any atom is -0.387 e. The molecule has 0 aromatic heterocycles. The van der Waals surface area contributed by atoms with E-state index in [2.05, 4.69) is 10.6 Å². The first-order valence-electron chi connectivity index (χ1n) is 19.8. The fraction of sp³-hybridized carbons (Fsp3) is 0.458. The molecular weight excluding hydrogens is 669 g/mol. The van der Waals surface area contributed by atoms with Gasteiger partial charge in [0.25, 0.3) is 0 Å². The summed E-state index contributed by atoms with van der Waals surface area (Å²) >= 11 is 0. The Kier molecular flexibility index (Phi) is 12.9. The summed E-state index contributed by atoms with van der Waals surface area (Å²) in [7, 11) is 0. The number of rotatable bonds is 14. The number of nitrogens with one attached hydrogen (secondary N) is 2. The van der Waals surface area contributed by atoms with Crippen LogP contribution in [0.5, 0.6) is 0 Å². The standard InChI is InChI=1S/C48H62N2O4/c1-44(2,3)40(47(53,32-36-22-12-7-13-23-36)33-37-24-14-8-15-25-37)49-42(51)46(30-20-11-21-31-46)43(52)50-41(45(4,5)6)48(54,34-38-26-16-9-17-27-38)35-39-28-18-10-19-29-39/h7-10,12-19,22-29,40-41,53-54H,11,20-21,30-35H2,1-6H3,(H,49,51)(H,50,52)/t40-,41-/m1/s1. The van der Waals surface area contributed by atoms with Crippen LogP contribution in [-0.2, 0) is 35.3 Å². The van der Waals surface area contributed by atoms with Gasteiger partial charge in [-0.2, -0.15) is 0 Å². The van der Waals surface area contributed by atoms with Crippen molar-refractivity contribution in [2.45, 2.75) is 123 Å². The third-order valence-corrected chi connectivity index (χ3v) is 11.3. The molecule has 0 bridgehead atoms. The lowest BCUT2D eigenvalue weighted by Crippen LogP contribution is -2.67. The molecule has 6 heteroatoms. The summed E-state index contributed by atoms with van der Waals surface area (Å²) in [5.74, 6) is -0.719. The Balaban J connectivity index is 1.52. The molecule has 4 aromatic rings. The van der Waals surface area contributed by atoms with Crippen LogP contribution in [0.3, 0.4) is 0 Å². The number of amides is 2. The molecule has 4 N–H and O–H groups in total. The van der Waals surface area contributed by atoms with E-state index in [-0.39, 0.29) is 11.8 Å². The number of hydrogen-bond donors (Lipinski definition) is 4. The summed E-state index contributed by atoms with van der Waals surface area (Å²) in [5, 5.41) is 32.4. The van der Waals surface area contributed by atoms with E-state index < -0.39 is 39.5 Å². The van der Waals surface area contributed by atoms with Gasteiger partial charge in [-0.05, 0) is 45.9 Å². The summed E-state index contributed by atoms with van der Waals surface area (Å²) in [6.07, 6.45) is 4.48. The van der Waals surface area contributed by atoms with Crippen molar-refractivity contribution in [3.63, 3.8) is 0 Å². The lowest BCUT2D eigenvalue weighted by atomic mass is 9.67. The van der Waals surface area contributed by atoms with Gasteiger partial charge in [-0.15, -0.1) is 0 Å². The predicted molar refractivity (Wildman–Crippen MR) is 219 cm³/mol. The SMILES string of the molecule is CC(C)(C)[C@@H](NC(=O)C1(C(=O)N[C@H](C(C)(C)C)C(O)(Cc2ccccc2)Cc2ccccc2)CCCCC1)C(O)(Cc1ccccc1)Cc1ccccc1. The van der Waals surface area contributed by atoms with Gasteiger partial charge in [-0.1, -0.05) is 182 Å². The average Bonchev–Trinajstić information content (AvgIpc) is 3.13. The molecule has 2 amide bonds. The Hall–Kier alpha value is -4.26. The molecule has 2 atom stereocenters. The van der Waals surface area contributed by atoms with Crippen LogP contribution in [-0.4, -0.2) is 45.3 Å². The first-order valence-corrected chi connectivity index (χ1v) is 19.8. The Morgan fingerprint density at radius 3 is 1.00 bits per heavy atom. The molecule has 0 unspecified atom stereocenters. The van der Waals surface area contributed by atoms with Crippen LogP contribution in [0.4, 0.5) is 0 Å². The summed E-state index contributed by atoms with van der Waals surface area (Å²) in [5.41, 5.74) is -1.39. The Morgan fingerprint density at radius 2 is 0.759 bits per heavy atom. The molecule has 1 aliphatic rings. The van der Waals surface area contributed by atoms with Crippen LogP contribution in [0.2, 0.25) is 0 Å². The van der Waals surface area contributed by atoms with E-state index in [9.17, 15) is 10.2 Å². The second-order valence-corrected chi connectivity index (χ2v) is 18.0. The molecule has 0 heterocycles. The minimum atomic E-state index is -1.37. The molecule has 0 aliphatic heterocycles. The second-order valence-electron chi connectivity index (χ2n) is 18.0. The highest BCUT2D eigenvalue weighted by Gasteiger charge is 2.53. The highest BCUT2D eigenvalue weighted by Crippen LogP contribution is 2.42. The Morgan fingerprint density at radius 1 is 0.500 bits per heavy atom. The number of carbonyl (C=O) groups excluding carboxylic acids is 2. The molecule has 0 radical (unpaired) electrons. The molecular formula is C48H62N2O4. The van der Waals surface area contributed by atoms with Crippen LogP contribution >= 0.6 is 0 Å². The fourth-order valence-electron chi connectivity index (χ4n) is 8.90. The van der Waals surface area contributed by atoms with Crippen LogP contribution in [0.15, 0.2) is 121 Å². The smallest absolute Gasteiger partial charge is 0.236 e. The van der Waals surface area contributed by atoms with E-state index >= 15 is 9.59 Å². The monoisotopic (exact) mass is 730 g/mol. The van der Waals surface area contributed by atoms with Crippen molar-refractivity contribution in [3.8, 4) is 0 Å². The van der Waals surface area contributed by atoms with Gasteiger partial charge in [0.15, 0.2) is 0 Å². The zero-order chi connectivity index (χ0) is 39.0. The molecule has 5 rings (SSSR count). The number of hydrogen-bond acceptors (Lipinski definition) is 4. The van der Waals surface area contributed by atoms with Crippen molar-refractivity contribution in [2.24, 2.45) is 16.2 Å². The van der Waals surface area contributed by atoms with Crippen LogP contribution < -0.4 is 10.6 Å². The highest BCUT2D eigenvalue weighted by atomic mass is 16.3. The van der Waals surface area contributed by atoms with Crippen molar-refractivity contribution in [1.82, 2.24) is 10.6 Å². The molecule has 0 saturated heterocycles. The maximum Gasteiger partial charge on any atom is 0.236 e. The van der Waals surface area contributed by atoms with Crippen LogP contribution in [0.25, 0.3) is 0 Å². The molecule has 6 nitrogen and oxygen atoms in total. The van der Waals surface area contributed by atoms with Crippen LogP contribution in [0, 0.1) is 16.2 Å². The third kappa shape index (κ3) is 10.1. The van der Waals surface area contributed by atoms with Gasteiger partial charge in [0, 0.05) is 25.7 Å². The van der Waals surface area contributed by atoms with E-state index in [1.807, 2.05) is 163 Å². The second kappa shape index (κ2) is 17.0. The molecule has 1 fully saturated rings. The molecule has 1 aliphatic carbocycles. The van der Waals surface area contributed by atoms with Gasteiger partial charge in [0.2, 0.25) is 11.8 Å². The summed E-state index contributed by atoms with van der Waals surface area (Å²) in [6.45, 7) is 12.2. The fourth-order valence-corrected chi connectivity index (χ4v) is 8.90. The quantitative estimate of drug-likeness (QED) is 0.0980. The van der Waals surface area contributed by atoms with Gasteiger partial charge < -0.3 is 20.8 Å². The molecule has 1 saturated carbocycles. The summed E-state index contributed by atoms with van der Waals surface area (Å²) in [6, 6.07) is 38.2. The van der Waals surface area contributed by atoms with E-state index in [1.54, 1.807) is 0 Å². The predicted octanol–water partition coefficient (Wildman–Crippen LogP) is 8.43. The average molecular weight is 731 g/mol. The third-order valence-electron chi connectivity index (χ3n) is 11.3. The van der Waals surface area contributed by atoms with E-state index in [0.717, 1.165) is 41.5 Å². The molecule has 54 heavy (non-hydrogen) atoms. The summed E-state index contributed by atoms with van der Waals surface area (Å²) < 4.78 is 0. The largest absolute Gasteiger partial charge is 0.387 e. The number of benzene rings is 4. The number of aliphatic hydroxyl groups is 2. The van der Waals surface area contributed by atoms with E-state index in [0.29, 0.717) is 38.5 Å².